The number of nitrogens with zero attached hydrogens (tertiary/aromatic N) is 2. The summed E-state index contributed by atoms with van der Waals surface area (Å²) in [5.41, 5.74) is 0.576. The maximum Gasteiger partial charge on any atom is 0.230 e. The van der Waals surface area contributed by atoms with Crippen LogP contribution >= 0.6 is 0 Å². The molecule has 1 spiro atoms. The number of hydrogen-bond donors (Lipinski definition) is 1. The van der Waals surface area contributed by atoms with E-state index in [2.05, 4.69) is 9.80 Å². The summed E-state index contributed by atoms with van der Waals surface area (Å²) in [6, 6.07) is 6.99. The van der Waals surface area contributed by atoms with Gasteiger partial charge in [0.2, 0.25) is 5.91 Å². The first-order valence-electron chi connectivity index (χ1n) is 9.57. The van der Waals surface area contributed by atoms with E-state index in [1.807, 2.05) is 6.07 Å². The van der Waals surface area contributed by atoms with E-state index in [-0.39, 0.29) is 23.2 Å². The Balaban J connectivity index is 1.49. The lowest BCUT2D eigenvalue weighted by Crippen LogP contribution is -2.50. The third kappa shape index (κ3) is 3.14. The van der Waals surface area contributed by atoms with E-state index < -0.39 is 0 Å². The van der Waals surface area contributed by atoms with Crippen molar-refractivity contribution in [3.05, 3.63) is 30.1 Å². The van der Waals surface area contributed by atoms with Gasteiger partial charge in [0.1, 0.15) is 5.82 Å². The molecule has 1 unspecified atom stereocenters. The molecule has 2 aliphatic heterocycles. The number of aliphatic hydroxyl groups excluding tert-OH is 1. The van der Waals surface area contributed by atoms with Gasteiger partial charge in [0.25, 0.3) is 0 Å². The lowest BCUT2D eigenvalue weighted by Gasteiger charge is -2.41. The van der Waals surface area contributed by atoms with E-state index in [0.717, 1.165) is 63.7 Å². The zero-order valence-electron chi connectivity index (χ0n) is 14.7. The Morgan fingerprint density at radius 1 is 1.12 bits per heavy atom. The average Bonchev–Trinajstić information content (AvgIpc) is 2.92. The first-order chi connectivity index (χ1) is 12.1. The molecule has 4 rings (SSSR count). The van der Waals surface area contributed by atoms with E-state index in [1.54, 1.807) is 12.1 Å². The van der Waals surface area contributed by atoms with E-state index in [0.29, 0.717) is 12.6 Å². The molecule has 3 aliphatic rings. The number of likely N-dealkylation sites (tertiary alicyclic amines) is 1. The van der Waals surface area contributed by atoms with Crippen LogP contribution in [0.1, 0.15) is 44.9 Å². The maximum absolute atomic E-state index is 13.6. The van der Waals surface area contributed by atoms with E-state index in [4.69, 9.17) is 0 Å². The SMILES string of the molecule is O=C1N(C2CCC(O)CC2)CCC12CCCN(c1cccc(F)c1)C2. The van der Waals surface area contributed by atoms with Gasteiger partial charge >= 0.3 is 0 Å². The molecule has 1 aromatic carbocycles. The molecule has 1 atom stereocenters. The molecule has 1 aliphatic carbocycles. The molecule has 5 heteroatoms. The number of aliphatic hydroxyl groups is 1. The zero-order chi connectivity index (χ0) is 17.4. The van der Waals surface area contributed by atoms with Gasteiger partial charge in [-0.2, -0.15) is 0 Å². The van der Waals surface area contributed by atoms with Gasteiger partial charge in [-0.15, -0.1) is 0 Å². The van der Waals surface area contributed by atoms with Crippen LogP contribution in [0.4, 0.5) is 10.1 Å². The lowest BCUT2D eigenvalue weighted by molar-refractivity contribution is -0.139. The summed E-state index contributed by atoms with van der Waals surface area (Å²) in [4.78, 5) is 17.5. The van der Waals surface area contributed by atoms with Crippen molar-refractivity contribution in [2.24, 2.45) is 5.41 Å². The number of rotatable bonds is 2. The highest BCUT2D eigenvalue weighted by Gasteiger charge is 2.50. The van der Waals surface area contributed by atoms with Crippen LogP contribution in [0.3, 0.4) is 0 Å². The van der Waals surface area contributed by atoms with Crippen molar-refractivity contribution >= 4 is 11.6 Å². The summed E-state index contributed by atoms with van der Waals surface area (Å²) in [5, 5.41) is 9.72. The number of anilines is 1. The Hall–Kier alpha value is -1.62. The molecule has 0 bridgehead atoms. The summed E-state index contributed by atoms with van der Waals surface area (Å²) >= 11 is 0. The highest BCUT2D eigenvalue weighted by atomic mass is 19.1. The maximum atomic E-state index is 13.6. The Kier molecular flexibility index (Phi) is 4.44. The van der Waals surface area contributed by atoms with Crippen LogP contribution in [0.25, 0.3) is 0 Å². The van der Waals surface area contributed by atoms with Gasteiger partial charge in [0.05, 0.1) is 11.5 Å². The topological polar surface area (TPSA) is 43.8 Å². The van der Waals surface area contributed by atoms with Crippen molar-refractivity contribution in [1.82, 2.24) is 4.90 Å². The quantitative estimate of drug-likeness (QED) is 0.895. The van der Waals surface area contributed by atoms with E-state index in [9.17, 15) is 14.3 Å². The van der Waals surface area contributed by atoms with Crippen molar-refractivity contribution in [3.63, 3.8) is 0 Å². The molecule has 3 fully saturated rings. The van der Waals surface area contributed by atoms with Crippen LogP contribution in [0, 0.1) is 11.2 Å². The molecular weight excluding hydrogens is 319 g/mol. The lowest BCUT2D eigenvalue weighted by atomic mass is 9.78. The third-order valence-electron chi connectivity index (χ3n) is 6.40. The number of halogens is 1. The highest BCUT2D eigenvalue weighted by molar-refractivity contribution is 5.86. The number of benzene rings is 1. The molecule has 0 aromatic heterocycles. The molecule has 25 heavy (non-hydrogen) atoms. The first kappa shape index (κ1) is 16.8. The third-order valence-corrected chi connectivity index (χ3v) is 6.40. The van der Waals surface area contributed by atoms with Gasteiger partial charge in [-0.1, -0.05) is 6.07 Å². The molecule has 1 N–H and O–H groups in total. The van der Waals surface area contributed by atoms with Gasteiger partial charge in [-0.25, -0.2) is 4.39 Å². The number of carbonyl (C=O) groups is 1. The predicted octanol–water partition coefficient (Wildman–Crippen LogP) is 2.95. The van der Waals surface area contributed by atoms with Gasteiger partial charge in [0, 0.05) is 31.4 Å². The van der Waals surface area contributed by atoms with Crippen LogP contribution < -0.4 is 4.90 Å². The molecule has 0 radical (unpaired) electrons. The first-order valence-corrected chi connectivity index (χ1v) is 9.57. The minimum atomic E-state index is -0.305. The summed E-state index contributed by atoms with van der Waals surface area (Å²) in [6.07, 6.45) is 6.04. The van der Waals surface area contributed by atoms with Gasteiger partial charge in [-0.05, 0) is 63.1 Å². The molecule has 2 heterocycles. The Bertz CT molecular complexity index is 644. The Morgan fingerprint density at radius 3 is 2.68 bits per heavy atom. The molecule has 1 aromatic rings. The van der Waals surface area contributed by atoms with Crippen molar-refractivity contribution in [1.29, 1.82) is 0 Å². The van der Waals surface area contributed by atoms with Gasteiger partial charge in [0.15, 0.2) is 0 Å². The van der Waals surface area contributed by atoms with Crippen LogP contribution in [-0.2, 0) is 4.79 Å². The smallest absolute Gasteiger partial charge is 0.230 e. The van der Waals surface area contributed by atoms with E-state index >= 15 is 0 Å². The Labute approximate surface area is 148 Å². The number of carbonyl (C=O) groups excluding carboxylic acids is 1. The Morgan fingerprint density at radius 2 is 1.92 bits per heavy atom. The van der Waals surface area contributed by atoms with Gasteiger partial charge < -0.3 is 14.9 Å². The summed E-state index contributed by atoms with van der Waals surface area (Å²) in [7, 11) is 0. The summed E-state index contributed by atoms with van der Waals surface area (Å²) in [5.74, 6) is 0.0623. The molecular formula is C20H27FN2O2. The highest BCUT2D eigenvalue weighted by Crippen LogP contribution is 2.43. The fraction of sp³-hybridized carbons (Fsp3) is 0.650. The average molecular weight is 346 g/mol. The van der Waals surface area contributed by atoms with Crippen molar-refractivity contribution < 1.29 is 14.3 Å². The second kappa shape index (κ2) is 6.60. The van der Waals surface area contributed by atoms with E-state index in [1.165, 1.54) is 6.07 Å². The summed E-state index contributed by atoms with van der Waals surface area (Å²) < 4.78 is 13.6. The monoisotopic (exact) mass is 346 g/mol. The van der Waals surface area contributed by atoms with Crippen molar-refractivity contribution in [2.45, 2.75) is 57.1 Å². The van der Waals surface area contributed by atoms with Crippen LogP contribution in [0.2, 0.25) is 0 Å². The minimum Gasteiger partial charge on any atom is -0.393 e. The second-order valence-electron chi connectivity index (χ2n) is 8.00. The fourth-order valence-electron chi connectivity index (χ4n) is 4.97. The molecule has 4 nitrogen and oxygen atoms in total. The molecule has 1 amide bonds. The zero-order valence-corrected chi connectivity index (χ0v) is 14.7. The number of piperidine rings is 1. The van der Waals surface area contributed by atoms with Crippen LogP contribution in [0.15, 0.2) is 24.3 Å². The van der Waals surface area contributed by atoms with Crippen LogP contribution in [-0.4, -0.2) is 47.7 Å². The fourth-order valence-corrected chi connectivity index (χ4v) is 4.97. The van der Waals surface area contributed by atoms with Gasteiger partial charge in [-0.3, -0.25) is 4.79 Å². The standard InChI is InChI=1S/C20H27FN2O2/c21-15-3-1-4-17(13-15)22-11-2-9-20(14-22)10-12-23(19(20)25)16-5-7-18(24)8-6-16/h1,3-4,13,16,18,24H,2,5-12,14H2. The normalized spacial score (nSPS) is 33.3. The van der Waals surface area contributed by atoms with Crippen LogP contribution in [0.5, 0.6) is 0 Å². The largest absolute Gasteiger partial charge is 0.393 e. The molecule has 2 saturated heterocycles. The summed E-state index contributed by atoms with van der Waals surface area (Å²) in [6.45, 7) is 2.41. The van der Waals surface area contributed by atoms with Crippen molar-refractivity contribution in [2.75, 3.05) is 24.5 Å². The molecule has 136 valence electrons. The molecule has 1 saturated carbocycles. The predicted molar refractivity (Wildman–Crippen MR) is 94.9 cm³/mol. The minimum absolute atomic E-state index is 0.193. The number of hydrogen-bond acceptors (Lipinski definition) is 3. The second-order valence-corrected chi connectivity index (χ2v) is 8.00. The number of amides is 1. The van der Waals surface area contributed by atoms with Crippen molar-refractivity contribution in [3.8, 4) is 0 Å².